The van der Waals surface area contributed by atoms with Crippen LogP contribution in [0.15, 0.2) is 36.5 Å². The molecule has 1 aliphatic carbocycles. The first kappa shape index (κ1) is 16.2. The number of hydrogen-bond acceptors (Lipinski definition) is 4. The first-order chi connectivity index (χ1) is 12.3. The summed E-state index contributed by atoms with van der Waals surface area (Å²) in [7, 11) is 0. The van der Waals surface area contributed by atoms with Crippen LogP contribution in [0.25, 0.3) is 10.9 Å². The second kappa shape index (κ2) is 7.31. The number of ether oxygens (including phenoxy) is 1. The van der Waals surface area contributed by atoms with Gasteiger partial charge < -0.3 is 15.0 Å². The highest BCUT2D eigenvalue weighted by molar-refractivity contribution is 6.29. The van der Waals surface area contributed by atoms with Gasteiger partial charge in [0.1, 0.15) is 11.3 Å². The lowest BCUT2D eigenvalue weighted by molar-refractivity contribution is 0.201. The SMILES string of the molecule is Clc1cc(OC2CCCC2)nc(NCCc2c[nH]c3ccccc23)n1. The summed E-state index contributed by atoms with van der Waals surface area (Å²) in [4.78, 5) is 12.0. The average Bonchev–Trinajstić information content (AvgIpc) is 3.25. The summed E-state index contributed by atoms with van der Waals surface area (Å²) in [5, 5.41) is 4.91. The lowest BCUT2D eigenvalue weighted by atomic mass is 10.1. The van der Waals surface area contributed by atoms with Crippen molar-refractivity contribution in [1.29, 1.82) is 0 Å². The Morgan fingerprint density at radius 3 is 2.92 bits per heavy atom. The molecule has 0 unspecified atom stereocenters. The third-order valence-corrected chi connectivity index (χ3v) is 4.81. The van der Waals surface area contributed by atoms with E-state index in [-0.39, 0.29) is 6.10 Å². The molecule has 0 amide bonds. The van der Waals surface area contributed by atoms with Crippen molar-refractivity contribution in [3.8, 4) is 5.88 Å². The smallest absolute Gasteiger partial charge is 0.227 e. The van der Waals surface area contributed by atoms with Gasteiger partial charge in [-0.2, -0.15) is 4.98 Å². The van der Waals surface area contributed by atoms with Crippen LogP contribution in [0, 0.1) is 0 Å². The van der Waals surface area contributed by atoms with E-state index >= 15 is 0 Å². The minimum absolute atomic E-state index is 0.255. The van der Waals surface area contributed by atoms with E-state index in [9.17, 15) is 0 Å². The lowest BCUT2D eigenvalue weighted by Gasteiger charge is -2.13. The monoisotopic (exact) mass is 356 g/mol. The summed E-state index contributed by atoms with van der Waals surface area (Å²) in [5.74, 6) is 1.07. The van der Waals surface area contributed by atoms with Crippen molar-refractivity contribution in [2.45, 2.75) is 38.2 Å². The fraction of sp³-hybridized carbons (Fsp3) is 0.368. The molecule has 6 heteroatoms. The molecule has 4 rings (SSSR count). The lowest BCUT2D eigenvalue weighted by Crippen LogP contribution is -2.14. The van der Waals surface area contributed by atoms with Crippen LogP contribution in [-0.2, 0) is 6.42 Å². The van der Waals surface area contributed by atoms with Crippen molar-refractivity contribution in [3.63, 3.8) is 0 Å². The van der Waals surface area contributed by atoms with Gasteiger partial charge in [-0.3, -0.25) is 0 Å². The molecule has 0 saturated heterocycles. The maximum atomic E-state index is 6.12. The molecule has 1 aliphatic rings. The molecule has 2 N–H and O–H groups in total. The second-order valence-corrected chi connectivity index (χ2v) is 6.80. The van der Waals surface area contributed by atoms with Crippen molar-refractivity contribution in [2.75, 3.05) is 11.9 Å². The predicted octanol–water partition coefficient (Wildman–Crippen LogP) is 4.59. The van der Waals surface area contributed by atoms with Crippen LogP contribution in [0.1, 0.15) is 31.2 Å². The Bertz CT molecular complexity index is 858. The number of H-pyrrole nitrogens is 1. The summed E-state index contributed by atoms with van der Waals surface area (Å²) in [6.45, 7) is 0.727. The summed E-state index contributed by atoms with van der Waals surface area (Å²) in [5.41, 5.74) is 2.43. The van der Waals surface area contributed by atoms with Gasteiger partial charge in [-0.05, 0) is 43.7 Å². The minimum atomic E-state index is 0.255. The van der Waals surface area contributed by atoms with Crippen LogP contribution in [0.3, 0.4) is 0 Å². The number of halogens is 1. The van der Waals surface area contributed by atoms with Gasteiger partial charge in [0.2, 0.25) is 11.8 Å². The highest BCUT2D eigenvalue weighted by Gasteiger charge is 2.17. The van der Waals surface area contributed by atoms with Crippen LogP contribution in [0.5, 0.6) is 5.88 Å². The fourth-order valence-electron chi connectivity index (χ4n) is 3.36. The van der Waals surface area contributed by atoms with E-state index in [0.29, 0.717) is 17.0 Å². The van der Waals surface area contributed by atoms with Crippen molar-refractivity contribution >= 4 is 28.5 Å². The number of rotatable bonds is 6. The number of anilines is 1. The molecule has 2 aromatic heterocycles. The Labute approximate surface area is 151 Å². The van der Waals surface area contributed by atoms with Crippen LogP contribution >= 0.6 is 11.6 Å². The molecule has 2 heterocycles. The van der Waals surface area contributed by atoms with Crippen LogP contribution in [0.4, 0.5) is 5.95 Å². The van der Waals surface area contributed by atoms with Crippen molar-refractivity contribution in [1.82, 2.24) is 15.0 Å². The number of aromatic nitrogens is 3. The van der Waals surface area contributed by atoms with E-state index in [1.54, 1.807) is 6.07 Å². The second-order valence-electron chi connectivity index (χ2n) is 6.41. The quantitative estimate of drug-likeness (QED) is 0.634. The van der Waals surface area contributed by atoms with Gasteiger partial charge in [-0.25, -0.2) is 4.98 Å². The third-order valence-electron chi connectivity index (χ3n) is 4.61. The van der Waals surface area contributed by atoms with E-state index in [1.165, 1.54) is 23.8 Å². The predicted molar refractivity (Wildman–Crippen MR) is 100 cm³/mol. The van der Waals surface area contributed by atoms with E-state index in [2.05, 4.69) is 44.7 Å². The van der Waals surface area contributed by atoms with Crippen molar-refractivity contribution in [3.05, 3.63) is 47.2 Å². The highest BCUT2D eigenvalue weighted by Crippen LogP contribution is 2.25. The van der Waals surface area contributed by atoms with Crippen molar-refractivity contribution < 1.29 is 4.74 Å². The molecular formula is C19H21ClN4O. The number of para-hydroxylation sites is 1. The van der Waals surface area contributed by atoms with Crippen LogP contribution < -0.4 is 10.1 Å². The molecule has 0 radical (unpaired) electrons. The molecule has 0 atom stereocenters. The fourth-order valence-corrected chi connectivity index (χ4v) is 3.53. The van der Waals surface area contributed by atoms with Crippen LogP contribution in [-0.4, -0.2) is 27.6 Å². The maximum Gasteiger partial charge on any atom is 0.227 e. The van der Waals surface area contributed by atoms with Gasteiger partial charge in [-0.15, -0.1) is 0 Å². The molecule has 0 spiro atoms. The number of nitrogens with one attached hydrogen (secondary N) is 2. The molecule has 1 fully saturated rings. The number of aromatic amines is 1. The molecule has 5 nitrogen and oxygen atoms in total. The molecule has 25 heavy (non-hydrogen) atoms. The van der Waals surface area contributed by atoms with Crippen molar-refractivity contribution in [2.24, 2.45) is 0 Å². The number of benzene rings is 1. The number of nitrogens with zero attached hydrogens (tertiary/aromatic N) is 2. The van der Waals surface area contributed by atoms with Gasteiger partial charge in [0.05, 0.1) is 0 Å². The van der Waals surface area contributed by atoms with Gasteiger partial charge >= 0.3 is 0 Å². The maximum absolute atomic E-state index is 6.12. The Balaban J connectivity index is 1.39. The van der Waals surface area contributed by atoms with E-state index < -0.39 is 0 Å². The molecule has 0 aliphatic heterocycles. The van der Waals surface area contributed by atoms with Gasteiger partial charge in [0.15, 0.2) is 0 Å². The Hall–Kier alpha value is -2.27. The molecule has 1 saturated carbocycles. The number of hydrogen-bond donors (Lipinski definition) is 2. The topological polar surface area (TPSA) is 62.8 Å². The van der Waals surface area contributed by atoms with E-state index in [4.69, 9.17) is 16.3 Å². The normalized spacial score (nSPS) is 14.9. The summed E-state index contributed by atoms with van der Waals surface area (Å²) >= 11 is 6.12. The first-order valence-electron chi connectivity index (χ1n) is 8.78. The van der Waals surface area contributed by atoms with Gasteiger partial charge in [0, 0.05) is 29.7 Å². The third kappa shape index (κ3) is 3.87. The molecule has 0 bridgehead atoms. The zero-order chi connectivity index (χ0) is 17.1. The molecule has 1 aromatic carbocycles. The zero-order valence-corrected chi connectivity index (χ0v) is 14.7. The largest absolute Gasteiger partial charge is 0.474 e. The summed E-state index contributed by atoms with van der Waals surface area (Å²) in [6, 6.07) is 9.99. The highest BCUT2D eigenvalue weighted by atomic mass is 35.5. The van der Waals surface area contributed by atoms with E-state index in [0.717, 1.165) is 31.3 Å². The Kier molecular flexibility index (Phi) is 4.74. The zero-order valence-electron chi connectivity index (χ0n) is 14.0. The minimum Gasteiger partial charge on any atom is -0.474 e. The molecule has 130 valence electrons. The standard InChI is InChI=1S/C19H21ClN4O/c20-17-11-18(25-14-5-1-2-6-14)24-19(23-17)21-10-9-13-12-22-16-8-4-3-7-15(13)16/h3-4,7-8,11-12,14,22H,1-2,5-6,9-10H2,(H,21,23,24). The molecular weight excluding hydrogens is 336 g/mol. The number of fused-ring (bicyclic) bond motifs is 1. The van der Waals surface area contributed by atoms with E-state index in [1.807, 2.05) is 6.07 Å². The first-order valence-corrected chi connectivity index (χ1v) is 9.16. The average molecular weight is 357 g/mol. The van der Waals surface area contributed by atoms with Gasteiger partial charge in [0.25, 0.3) is 0 Å². The van der Waals surface area contributed by atoms with Crippen LogP contribution in [0.2, 0.25) is 5.15 Å². The summed E-state index contributed by atoms with van der Waals surface area (Å²) in [6.07, 6.45) is 7.80. The van der Waals surface area contributed by atoms with Gasteiger partial charge in [-0.1, -0.05) is 29.8 Å². The Morgan fingerprint density at radius 1 is 1.20 bits per heavy atom. The molecule has 3 aromatic rings. The summed E-state index contributed by atoms with van der Waals surface area (Å²) < 4.78 is 5.93. The Morgan fingerprint density at radius 2 is 2.04 bits per heavy atom.